The van der Waals surface area contributed by atoms with E-state index in [1.807, 2.05) is 72.9 Å². The summed E-state index contributed by atoms with van der Waals surface area (Å²) in [5.74, 6) is 0.686. The molecule has 0 aliphatic carbocycles. The summed E-state index contributed by atoms with van der Waals surface area (Å²) in [4.78, 5) is 24.9. The van der Waals surface area contributed by atoms with Crippen molar-refractivity contribution in [3.8, 4) is 90.1 Å². The summed E-state index contributed by atoms with van der Waals surface area (Å²) >= 11 is 0. The highest BCUT2D eigenvalue weighted by Crippen LogP contribution is 2.38. The first-order valence-electron chi connectivity index (χ1n) is 17.9. The monoisotopic (exact) mass is 691 g/mol. The van der Waals surface area contributed by atoms with Crippen molar-refractivity contribution in [3.63, 3.8) is 0 Å². The third kappa shape index (κ3) is 6.70. The van der Waals surface area contributed by atoms with Gasteiger partial charge in [-0.2, -0.15) is 0 Å². The molecule has 9 rings (SSSR count). The van der Waals surface area contributed by atoms with Gasteiger partial charge >= 0.3 is 0 Å². The quantitative estimate of drug-likeness (QED) is 0.159. The van der Waals surface area contributed by atoms with Crippen molar-refractivity contribution in [2.75, 3.05) is 0 Å². The van der Waals surface area contributed by atoms with E-state index in [0.717, 1.165) is 84.2 Å². The van der Waals surface area contributed by atoms with Gasteiger partial charge in [0.05, 0.1) is 34.2 Å². The van der Waals surface area contributed by atoms with Crippen LogP contribution in [0.5, 0.6) is 0 Å². The summed E-state index contributed by atoms with van der Waals surface area (Å²) in [7, 11) is 0. The largest absolute Gasteiger partial charge is 0.255 e. The lowest BCUT2D eigenvalue weighted by Gasteiger charge is -2.15. The summed E-state index contributed by atoms with van der Waals surface area (Å²) in [6.45, 7) is 0. The molecule has 0 unspecified atom stereocenters. The summed E-state index contributed by atoms with van der Waals surface area (Å²) in [5, 5.41) is 0. The summed E-state index contributed by atoms with van der Waals surface area (Å²) in [5.41, 5.74) is 14.3. The number of benzene rings is 5. The van der Waals surface area contributed by atoms with E-state index in [2.05, 4.69) is 126 Å². The van der Waals surface area contributed by atoms with Gasteiger partial charge in [-0.1, -0.05) is 146 Å². The smallest absolute Gasteiger partial charge is 0.160 e. The van der Waals surface area contributed by atoms with Crippen LogP contribution in [0, 0.1) is 0 Å². The van der Waals surface area contributed by atoms with Crippen LogP contribution in [0.15, 0.2) is 200 Å². The second-order valence-corrected chi connectivity index (χ2v) is 12.9. The van der Waals surface area contributed by atoms with Crippen LogP contribution < -0.4 is 0 Å². The van der Waals surface area contributed by atoms with E-state index in [-0.39, 0.29) is 0 Å². The number of pyridine rings is 3. The molecule has 0 atom stereocenters. The standard InChI is InChI=1S/C49H33N5/c1-4-16-34(17-5-1)39-31-46(43-27-12-13-28-50-43)52-47(32-39)48-41(26-15-29-51-48)38-23-14-22-37(30-38)40-24-10-11-25-42(40)45-33-44(35-18-6-2-7-19-35)53-49(54-45)36-20-8-3-9-21-36/h1-33H. The predicted molar refractivity (Wildman–Crippen MR) is 219 cm³/mol. The maximum Gasteiger partial charge on any atom is 0.160 e. The third-order valence-corrected chi connectivity index (χ3v) is 9.43. The van der Waals surface area contributed by atoms with Gasteiger partial charge in [0.2, 0.25) is 0 Å². The first kappa shape index (κ1) is 32.5. The molecular weight excluding hydrogens is 659 g/mol. The van der Waals surface area contributed by atoms with Crippen molar-refractivity contribution < 1.29 is 0 Å². The van der Waals surface area contributed by atoms with Crippen molar-refractivity contribution in [3.05, 3.63) is 200 Å². The maximum absolute atomic E-state index is 5.15. The summed E-state index contributed by atoms with van der Waals surface area (Å²) in [6, 6.07) is 64.2. The zero-order valence-corrected chi connectivity index (χ0v) is 29.3. The second kappa shape index (κ2) is 14.7. The molecule has 254 valence electrons. The van der Waals surface area contributed by atoms with Crippen molar-refractivity contribution in [2.24, 2.45) is 0 Å². The maximum atomic E-state index is 5.15. The van der Waals surface area contributed by atoms with Crippen LogP contribution in [-0.4, -0.2) is 24.9 Å². The molecule has 0 aliphatic heterocycles. The topological polar surface area (TPSA) is 64.5 Å². The van der Waals surface area contributed by atoms with Crippen molar-refractivity contribution in [1.82, 2.24) is 24.9 Å². The fraction of sp³-hybridized carbons (Fsp3) is 0. The Morgan fingerprint density at radius 3 is 1.57 bits per heavy atom. The lowest BCUT2D eigenvalue weighted by Crippen LogP contribution is -1.97. The van der Waals surface area contributed by atoms with Crippen LogP contribution in [0.3, 0.4) is 0 Å². The Balaban J connectivity index is 1.16. The van der Waals surface area contributed by atoms with Crippen LogP contribution in [0.25, 0.3) is 90.1 Å². The van der Waals surface area contributed by atoms with E-state index in [9.17, 15) is 0 Å². The first-order chi connectivity index (χ1) is 26.8. The predicted octanol–water partition coefficient (Wildman–Crippen LogP) is 12.0. The lowest BCUT2D eigenvalue weighted by atomic mass is 9.93. The Bertz CT molecular complexity index is 2400. The fourth-order valence-corrected chi connectivity index (χ4v) is 6.81. The average Bonchev–Trinajstić information content (AvgIpc) is 3.27. The van der Waals surface area contributed by atoms with E-state index in [1.54, 1.807) is 6.20 Å². The summed E-state index contributed by atoms with van der Waals surface area (Å²) < 4.78 is 0. The van der Waals surface area contributed by atoms with Crippen LogP contribution >= 0.6 is 0 Å². The minimum Gasteiger partial charge on any atom is -0.255 e. The van der Waals surface area contributed by atoms with E-state index in [4.69, 9.17) is 19.9 Å². The zero-order chi connectivity index (χ0) is 36.1. The molecule has 0 saturated heterocycles. The van der Waals surface area contributed by atoms with Crippen molar-refractivity contribution in [2.45, 2.75) is 0 Å². The Kier molecular flexibility index (Phi) is 8.86. The van der Waals surface area contributed by atoms with Crippen molar-refractivity contribution in [1.29, 1.82) is 0 Å². The minimum atomic E-state index is 0.686. The van der Waals surface area contributed by atoms with Crippen molar-refractivity contribution >= 4 is 0 Å². The SMILES string of the molecule is c1ccc(-c2cc(-c3ccccn3)nc(-c3ncccc3-c3cccc(-c4ccccc4-c4cc(-c5ccccc5)nc(-c5ccccc5)n4)c3)c2)cc1. The Morgan fingerprint density at radius 2 is 0.833 bits per heavy atom. The van der Waals surface area contributed by atoms with E-state index >= 15 is 0 Å². The van der Waals surface area contributed by atoms with Crippen LogP contribution in [0.4, 0.5) is 0 Å². The van der Waals surface area contributed by atoms with Gasteiger partial charge in [-0.05, 0) is 70.3 Å². The van der Waals surface area contributed by atoms with Gasteiger partial charge in [0.15, 0.2) is 5.82 Å². The molecule has 0 amide bonds. The van der Waals surface area contributed by atoms with Gasteiger partial charge in [-0.3, -0.25) is 9.97 Å². The molecule has 4 heterocycles. The van der Waals surface area contributed by atoms with E-state index in [0.29, 0.717) is 5.82 Å². The molecule has 0 N–H and O–H groups in total. The third-order valence-electron chi connectivity index (χ3n) is 9.43. The highest BCUT2D eigenvalue weighted by Gasteiger charge is 2.17. The van der Waals surface area contributed by atoms with Gasteiger partial charge < -0.3 is 0 Å². The molecule has 0 spiro atoms. The molecule has 5 aromatic carbocycles. The lowest BCUT2D eigenvalue weighted by molar-refractivity contribution is 1.18. The number of hydrogen-bond donors (Lipinski definition) is 0. The second-order valence-electron chi connectivity index (χ2n) is 12.9. The Morgan fingerprint density at radius 1 is 0.259 bits per heavy atom. The molecule has 4 aromatic heterocycles. The van der Waals surface area contributed by atoms with E-state index < -0.39 is 0 Å². The van der Waals surface area contributed by atoms with Crippen LogP contribution in [-0.2, 0) is 0 Å². The number of nitrogens with zero attached hydrogens (tertiary/aromatic N) is 5. The molecule has 0 bridgehead atoms. The highest BCUT2D eigenvalue weighted by atomic mass is 14.9. The fourth-order valence-electron chi connectivity index (χ4n) is 6.81. The Labute approximate surface area is 314 Å². The molecule has 0 saturated carbocycles. The first-order valence-corrected chi connectivity index (χ1v) is 17.9. The van der Waals surface area contributed by atoms with Gasteiger partial charge in [0.25, 0.3) is 0 Å². The molecule has 5 heteroatoms. The molecule has 0 radical (unpaired) electrons. The normalized spacial score (nSPS) is 11.0. The highest BCUT2D eigenvalue weighted by molar-refractivity contribution is 5.88. The molecule has 0 fully saturated rings. The Hall–Kier alpha value is -7.37. The molecular formula is C49H33N5. The zero-order valence-electron chi connectivity index (χ0n) is 29.3. The van der Waals surface area contributed by atoms with Crippen LogP contribution in [0.1, 0.15) is 0 Å². The number of hydrogen-bond acceptors (Lipinski definition) is 5. The summed E-state index contributed by atoms with van der Waals surface area (Å²) in [6.07, 6.45) is 3.63. The average molecular weight is 692 g/mol. The van der Waals surface area contributed by atoms with Crippen LogP contribution in [0.2, 0.25) is 0 Å². The molecule has 9 aromatic rings. The molecule has 54 heavy (non-hydrogen) atoms. The van der Waals surface area contributed by atoms with Gasteiger partial charge in [-0.25, -0.2) is 15.0 Å². The number of rotatable bonds is 8. The van der Waals surface area contributed by atoms with E-state index in [1.165, 1.54) is 0 Å². The van der Waals surface area contributed by atoms with Gasteiger partial charge in [-0.15, -0.1) is 0 Å². The molecule has 0 aliphatic rings. The molecule has 5 nitrogen and oxygen atoms in total. The van der Waals surface area contributed by atoms with Gasteiger partial charge in [0.1, 0.15) is 0 Å². The number of aromatic nitrogens is 5. The van der Waals surface area contributed by atoms with Gasteiger partial charge in [0, 0.05) is 34.6 Å². The minimum absolute atomic E-state index is 0.686.